The molecule has 4 aromatic heterocycles. The van der Waals surface area contributed by atoms with E-state index in [0.717, 1.165) is 10.7 Å². The number of primary amides is 1. The lowest BCUT2D eigenvalue weighted by Gasteiger charge is -2.10. The zero-order valence-corrected chi connectivity index (χ0v) is 17.9. The van der Waals surface area contributed by atoms with Crippen molar-refractivity contribution in [2.75, 3.05) is 5.32 Å². The maximum Gasteiger partial charge on any atom is 0.433 e. The SMILES string of the molecule is Cc1cc([N+](=O)[O-])n(CC(=O)Nc2c(C(N)=O)sc3nc(C(F)(F)F)cc(-c4ccco4)c23)n1. The first-order valence-electron chi connectivity index (χ1n) is 9.32. The Labute approximate surface area is 191 Å². The summed E-state index contributed by atoms with van der Waals surface area (Å²) in [5, 5.41) is 17.5. The molecule has 0 spiro atoms. The van der Waals surface area contributed by atoms with Crippen LogP contribution in [-0.4, -0.2) is 31.5 Å². The normalized spacial score (nSPS) is 11.6. The first-order chi connectivity index (χ1) is 16.0. The molecule has 3 N–H and O–H groups in total. The zero-order chi connectivity index (χ0) is 24.8. The number of nitrogens with zero attached hydrogens (tertiary/aromatic N) is 4. The van der Waals surface area contributed by atoms with Gasteiger partial charge in [0.05, 0.1) is 23.7 Å². The lowest BCUT2D eigenvalue weighted by atomic mass is 10.1. The standard InChI is InChI=1S/C19H13F3N6O5S/c1-8-5-13(28(31)32)27(26-8)7-12(29)25-15-14-9(10-3-2-4-33-10)6-11(19(20,21)22)24-18(14)34-16(15)17(23)30/h2-6H,7H2,1H3,(H2,23,30)(H,25,29). The van der Waals surface area contributed by atoms with Crippen LogP contribution in [0.4, 0.5) is 24.7 Å². The van der Waals surface area contributed by atoms with Crippen LogP contribution in [0.3, 0.4) is 0 Å². The van der Waals surface area contributed by atoms with Crippen LogP contribution in [0.2, 0.25) is 0 Å². The predicted octanol–water partition coefficient (Wildman–Crippen LogP) is 3.73. The number of halogens is 3. The topological polar surface area (TPSA) is 159 Å². The molecule has 4 rings (SSSR count). The van der Waals surface area contributed by atoms with Crippen LogP contribution in [0, 0.1) is 17.0 Å². The van der Waals surface area contributed by atoms with E-state index in [1.54, 1.807) is 0 Å². The van der Waals surface area contributed by atoms with Gasteiger partial charge in [0.1, 0.15) is 21.2 Å². The van der Waals surface area contributed by atoms with E-state index in [9.17, 15) is 32.9 Å². The Morgan fingerprint density at radius 2 is 2.09 bits per heavy atom. The highest BCUT2D eigenvalue weighted by Crippen LogP contribution is 2.43. The average molecular weight is 494 g/mol. The third-order valence-electron chi connectivity index (χ3n) is 4.59. The average Bonchev–Trinajstić information content (AvgIpc) is 3.46. The van der Waals surface area contributed by atoms with Crippen LogP contribution in [0.15, 0.2) is 34.9 Å². The molecule has 0 aliphatic carbocycles. The van der Waals surface area contributed by atoms with E-state index in [2.05, 4.69) is 15.4 Å². The minimum absolute atomic E-state index is 0.00115. The van der Waals surface area contributed by atoms with E-state index in [1.165, 1.54) is 31.4 Å². The van der Waals surface area contributed by atoms with Crippen molar-refractivity contribution in [2.45, 2.75) is 19.6 Å². The van der Waals surface area contributed by atoms with Crippen LogP contribution in [0.25, 0.3) is 21.5 Å². The number of carbonyl (C=O) groups is 2. The van der Waals surface area contributed by atoms with Gasteiger partial charge in [-0.3, -0.25) is 9.59 Å². The Morgan fingerprint density at radius 3 is 2.68 bits per heavy atom. The number of alkyl halides is 3. The molecule has 0 bridgehead atoms. The number of anilines is 1. The van der Waals surface area contributed by atoms with E-state index in [0.29, 0.717) is 17.0 Å². The molecule has 4 aromatic rings. The molecule has 0 aliphatic heterocycles. The van der Waals surface area contributed by atoms with Crippen molar-refractivity contribution in [3.8, 4) is 11.3 Å². The van der Waals surface area contributed by atoms with E-state index in [1.807, 2.05) is 0 Å². The van der Waals surface area contributed by atoms with E-state index in [-0.39, 0.29) is 32.1 Å². The van der Waals surface area contributed by atoms with Crippen molar-refractivity contribution in [3.63, 3.8) is 0 Å². The minimum Gasteiger partial charge on any atom is -0.464 e. The summed E-state index contributed by atoms with van der Waals surface area (Å²) in [5.74, 6) is -2.26. The second-order valence-electron chi connectivity index (χ2n) is 6.99. The molecule has 4 heterocycles. The number of pyridine rings is 1. The van der Waals surface area contributed by atoms with Crippen LogP contribution in [0.1, 0.15) is 21.1 Å². The van der Waals surface area contributed by atoms with Crippen molar-refractivity contribution in [1.29, 1.82) is 0 Å². The van der Waals surface area contributed by atoms with E-state index >= 15 is 0 Å². The number of thiophene rings is 1. The maximum atomic E-state index is 13.4. The molecule has 15 heteroatoms. The number of aryl methyl sites for hydroxylation is 1. The molecule has 176 valence electrons. The summed E-state index contributed by atoms with van der Waals surface area (Å²) in [7, 11) is 0. The number of aromatic nitrogens is 3. The molecule has 11 nitrogen and oxygen atoms in total. The van der Waals surface area contributed by atoms with Gasteiger partial charge in [0.15, 0.2) is 6.54 Å². The Bertz CT molecular complexity index is 1440. The van der Waals surface area contributed by atoms with Crippen molar-refractivity contribution in [3.05, 3.63) is 56.9 Å². The lowest BCUT2D eigenvalue weighted by Crippen LogP contribution is -2.22. The number of rotatable bonds is 6. The number of hydrogen-bond donors (Lipinski definition) is 2. The van der Waals surface area contributed by atoms with Crippen LogP contribution < -0.4 is 11.1 Å². The Balaban J connectivity index is 1.85. The number of hydrogen-bond acceptors (Lipinski definition) is 8. The summed E-state index contributed by atoms with van der Waals surface area (Å²) < 4.78 is 46.4. The quantitative estimate of drug-likeness (QED) is 0.305. The van der Waals surface area contributed by atoms with Crippen molar-refractivity contribution < 1.29 is 32.1 Å². The summed E-state index contributed by atoms with van der Waals surface area (Å²) in [4.78, 5) is 38.4. The van der Waals surface area contributed by atoms with Gasteiger partial charge in [0.2, 0.25) is 0 Å². The third-order valence-corrected chi connectivity index (χ3v) is 5.69. The molecular weight excluding hydrogens is 481 g/mol. The van der Waals surface area contributed by atoms with Crippen LogP contribution in [-0.2, 0) is 17.5 Å². The van der Waals surface area contributed by atoms with Crippen molar-refractivity contribution >= 4 is 44.9 Å². The molecule has 0 fully saturated rings. The molecule has 2 amide bonds. The fourth-order valence-electron chi connectivity index (χ4n) is 3.27. The Hall–Kier alpha value is -4.27. The van der Waals surface area contributed by atoms with Crippen molar-refractivity contribution in [2.24, 2.45) is 5.73 Å². The zero-order valence-electron chi connectivity index (χ0n) is 17.0. The van der Waals surface area contributed by atoms with Crippen molar-refractivity contribution in [1.82, 2.24) is 14.8 Å². The molecule has 0 atom stereocenters. The second-order valence-corrected chi connectivity index (χ2v) is 7.99. The van der Waals surface area contributed by atoms with Gasteiger partial charge in [-0.2, -0.15) is 13.2 Å². The predicted molar refractivity (Wildman–Crippen MR) is 113 cm³/mol. The second kappa shape index (κ2) is 8.26. The largest absolute Gasteiger partial charge is 0.464 e. The molecule has 0 radical (unpaired) electrons. The molecular formula is C19H13F3N6O5S. The fraction of sp³-hybridized carbons (Fsp3) is 0.158. The minimum atomic E-state index is -4.80. The maximum absolute atomic E-state index is 13.4. The molecule has 0 unspecified atom stereocenters. The molecule has 0 saturated heterocycles. The smallest absolute Gasteiger partial charge is 0.433 e. The number of furan rings is 1. The third kappa shape index (κ3) is 4.19. The lowest BCUT2D eigenvalue weighted by molar-refractivity contribution is -0.392. The Kier molecular flexibility index (Phi) is 5.56. The number of nitrogens with one attached hydrogen (secondary N) is 1. The first-order valence-corrected chi connectivity index (χ1v) is 10.1. The van der Waals surface area contributed by atoms with Gasteiger partial charge in [0, 0.05) is 10.9 Å². The number of amides is 2. The van der Waals surface area contributed by atoms with Crippen LogP contribution in [0.5, 0.6) is 0 Å². The monoisotopic (exact) mass is 494 g/mol. The molecule has 0 aliphatic rings. The molecule has 0 saturated carbocycles. The number of fused-ring (bicyclic) bond motifs is 1. The van der Waals surface area contributed by atoms with Gasteiger partial charge in [-0.05, 0) is 30.0 Å². The molecule has 0 aromatic carbocycles. The number of carbonyl (C=O) groups excluding carboxylic acids is 2. The summed E-state index contributed by atoms with van der Waals surface area (Å²) in [5.41, 5.74) is 4.20. The van der Waals surface area contributed by atoms with Gasteiger partial charge in [0.25, 0.3) is 11.8 Å². The summed E-state index contributed by atoms with van der Waals surface area (Å²) in [6.07, 6.45) is -3.56. The van der Waals surface area contributed by atoms with E-state index < -0.39 is 41.0 Å². The number of nitrogens with two attached hydrogens (primary N) is 1. The van der Waals surface area contributed by atoms with Gasteiger partial charge in [-0.25, -0.2) is 4.98 Å². The highest BCUT2D eigenvalue weighted by molar-refractivity contribution is 7.21. The van der Waals surface area contributed by atoms with Gasteiger partial charge < -0.3 is 25.6 Å². The van der Waals surface area contributed by atoms with Gasteiger partial charge >= 0.3 is 12.0 Å². The highest BCUT2D eigenvalue weighted by atomic mass is 32.1. The summed E-state index contributed by atoms with van der Waals surface area (Å²) >= 11 is 0.561. The van der Waals surface area contributed by atoms with Gasteiger partial charge in [-0.1, -0.05) is 5.10 Å². The fourth-order valence-corrected chi connectivity index (χ4v) is 4.28. The van der Waals surface area contributed by atoms with E-state index in [4.69, 9.17) is 10.2 Å². The number of nitro groups is 1. The molecule has 34 heavy (non-hydrogen) atoms. The van der Waals surface area contributed by atoms with Gasteiger partial charge in [-0.15, -0.1) is 16.0 Å². The van der Waals surface area contributed by atoms with Crippen LogP contribution >= 0.6 is 11.3 Å². The Morgan fingerprint density at radius 1 is 1.35 bits per heavy atom. The summed E-state index contributed by atoms with van der Waals surface area (Å²) in [6.45, 7) is 0.891. The highest BCUT2D eigenvalue weighted by Gasteiger charge is 2.35. The summed E-state index contributed by atoms with van der Waals surface area (Å²) in [6, 6.07) is 4.75. The first kappa shape index (κ1) is 22.9.